The molecule has 25 heavy (non-hydrogen) atoms. The predicted molar refractivity (Wildman–Crippen MR) is 102 cm³/mol. The zero-order valence-electron chi connectivity index (χ0n) is 13.8. The second-order valence-corrected chi connectivity index (χ2v) is 7.84. The molecule has 0 saturated carbocycles. The summed E-state index contributed by atoms with van der Waals surface area (Å²) in [5, 5.41) is 3.40. The van der Waals surface area contributed by atoms with Crippen LogP contribution in [-0.2, 0) is 6.42 Å². The maximum atomic E-state index is 4.98. The molecule has 3 aromatic heterocycles. The van der Waals surface area contributed by atoms with Crippen LogP contribution >= 0.6 is 11.8 Å². The fourth-order valence-electron chi connectivity index (χ4n) is 3.67. The lowest BCUT2D eigenvalue weighted by Crippen LogP contribution is -2.13. The van der Waals surface area contributed by atoms with Gasteiger partial charge in [0.1, 0.15) is 17.3 Å². The van der Waals surface area contributed by atoms with Gasteiger partial charge in [0.05, 0.1) is 17.6 Å². The van der Waals surface area contributed by atoms with Gasteiger partial charge in [-0.15, -0.1) is 0 Å². The summed E-state index contributed by atoms with van der Waals surface area (Å²) in [6.07, 6.45) is 9.08. The molecular weight excluding hydrogens is 330 g/mol. The van der Waals surface area contributed by atoms with Gasteiger partial charge in [0.2, 0.25) is 0 Å². The summed E-state index contributed by atoms with van der Waals surface area (Å²) >= 11 is 2.07. The molecule has 5 heterocycles. The number of aromatic amines is 1. The second kappa shape index (κ2) is 6.19. The van der Waals surface area contributed by atoms with Gasteiger partial charge in [-0.1, -0.05) is 0 Å². The molecule has 2 aliphatic rings. The number of rotatable bonds is 2. The molecule has 3 aromatic rings. The smallest absolute Gasteiger partial charge is 0.139 e. The summed E-state index contributed by atoms with van der Waals surface area (Å²) < 4.78 is 0. The lowest BCUT2D eigenvalue weighted by atomic mass is 9.99. The van der Waals surface area contributed by atoms with Gasteiger partial charge in [-0.05, 0) is 48.5 Å². The third kappa shape index (κ3) is 2.70. The molecule has 5 rings (SSSR count). The summed E-state index contributed by atoms with van der Waals surface area (Å²) in [6, 6.07) is 6.08. The van der Waals surface area contributed by atoms with Crippen molar-refractivity contribution in [3.63, 3.8) is 0 Å². The van der Waals surface area contributed by atoms with Crippen LogP contribution < -0.4 is 5.32 Å². The standard InChI is InChI=1S/C19H19N5S/c1-2-14-18-17(23-16(24-18)10-12-4-8-25-9-5-12)13-3-7-20-11-15(13)22-19(14)21-6-1/h1-3,6-7,11-12H,4-5,8-10H2,(H,21,22)(H,23,24). The largest absolute Gasteiger partial charge is 0.341 e. The molecule has 5 nitrogen and oxygen atoms in total. The van der Waals surface area contributed by atoms with Crippen LogP contribution in [0.5, 0.6) is 0 Å². The van der Waals surface area contributed by atoms with Crippen LogP contribution in [0.4, 0.5) is 11.5 Å². The Balaban J connectivity index is 1.62. The minimum Gasteiger partial charge on any atom is -0.341 e. The molecule has 2 N–H and O–H groups in total. The molecule has 0 aromatic carbocycles. The van der Waals surface area contributed by atoms with Crippen LogP contribution in [-0.4, -0.2) is 31.4 Å². The van der Waals surface area contributed by atoms with E-state index < -0.39 is 0 Å². The van der Waals surface area contributed by atoms with E-state index in [0.717, 1.165) is 52.2 Å². The highest BCUT2D eigenvalue weighted by molar-refractivity contribution is 7.99. The van der Waals surface area contributed by atoms with Crippen LogP contribution in [0.25, 0.3) is 22.5 Å². The number of thioether (sulfide) groups is 1. The van der Waals surface area contributed by atoms with E-state index >= 15 is 0 Å². The number of hydrogen-bond acceptors (Lipinski definition) is 5. The number of aromatic nitrogens is 4. The van der Waals surface area contributed by atoms with Crippen molar-refractivity contribution in [2.24, 2.45) is 5.92 Å². The number of nitrogens with zero attached hydrogens (tertiary/aromatic N) is 3. The quantitative estimate of drug-likeness (QED) is 0.565. The van der Waals surface area contributed by atoms with Crippen molar-refractivity contribution in [3.8, 4) is 22.5 Å². The average molecular weight is 349 g/mol. The van der Waals surface area contributed by atoms with Gasteiger partial charge in [0.15, 0.2) is 0 Å². The molecule has 0 radical (unpaired) electrons. The Labute approximate surface area is 150 Å². The molecular formula is C19H19N5S. The van der Waals surface area contributed by atoms with Crippen LogP contribution in [0.1, 0.15) is 18.7 Å². The first-order valence-electron chi connectivity index (χ1n) is 8.72. The van der Waals surface area contributed by atoms with Gasteiger partial charge >= 0.3 is 0 Å². The molecule has 6 heteroatoms. The average Bonchev–Trinajstić information content (AvgIpc) is 3.01. The van der Waals surface area contributed by atoms with Crippen LogP contribution in [0.3, 0.4) is 0 Å². The van der Waals surface area contributed by atoms with Gasteiger partial charge < -0.3 is 10.3 Å². The summed E-state index contributed by atoms with van der Waals surface area (Å²) in [4.78, 5) is 17.4. The second-order valence-electron chi connectivity index (χ2n) is 6.61. The normalized spacial score (nSPS) is 16.3. The number of imidazole rings is 1. The monoisotopic (exact) mass is 349 g/mol. The van der Waals surface area contributed by atoms with E-state index in [1.165, 1.54) is 24.3 Å². The lowest BCUT2D eigenvalue weighted by Gasteiger charge is -2.20. The van der Waals surface area contributed by atoms with E-state index in [4.69, 9.17) is 4.98 Å². The van der Waals surface area contributed by atoms with Gasteiger partial charge in [-0.25, -0.2) is 9.97 Å². The van der Waals surface area contributed by atoms with Crippen molar-refractivity contribution in [1.82, 2.24) is 19.9 Å². The van der Waals surface area contributed by atoms with Crippen LogP contribution in [0, 0.1) is 5.92 Å². The van der Waals surface area contributed by atoms with Crippen molar-refractivity contribution >= 4 is 23.3 Å². The highest BCUT2D eigenvalue weighted by atomic mass is 32.2. The Kier molecular flexibility index (Phi) is 3.70. The molecule has 126 valence electrons. The molecule has 2 aliphatic heterocycles. The first-order chi connectivity index (χ1) is 12.4. The minimum absolute atomic E-state index is 0.736. The summed E-state index contributed by atoms with van der Waals surface area (Å²) in [7, 11) is 0. The lowest BCUT2D eigenvalue weighted by molar-refractivity contribution is 0.478. The fourth-order valence-corrected chi connectivity index (χ4v) is 4.87. The fraction of sp³-hybridized carbons (Fsp3) is 0.316. The van der Waals surface area contributed by atoms with Crippen molar-refractivity contribution < 1.29 is 0 Å². The SMILES string of the molecule is c1cnc2c(c1)-c1nc(CC3CCSCC3)[nH]c1-c1ccncc1N2. The number of nitrogens with one attached hydrogen (secondary N) is 2. The van der Waals surface area contributed by atoms with Gasteiger partial charge in [-0.3, -0.25) is 4.98 Å². The summed E-state index contributed by atoms with van der Waals surface area (Å²) in [5.41, 5.74) is 5.15. The highest BCUT2D eigenvalue weighted by Gasteiger charge is 2.24. The highest BCUT2D eigenvalue weighted by Crippen LogP contribution is 2.41. The molecule has 0 amide bonds. The van der Waals surface area contributed by atoms with E-state index in [0.29, 0.717) is 0 Å². The number of fused-ring (bicyclic) bond motifs is 5. The van der Waals surface area contributed by atoms with Crippen molar-refractivity contribution in [3.05, 3.63) is 42.6 Å². The zero-order valence-corrected chi connectivity index (χ0v) is 14.6. The van der Waals surface area contributed by atoms with Crippen molar-refractivity contribution in [2.45, 2.75) is 19.3 Å². The number of hydrogen-bond donors (Lipinski definition) is 2. The van der Waals surface area contributed by atoms with E-state index in [1.807, 2.05) is 24.5 Å². The Hall–Kier alpha value is -2.34. The first kappa shape index (κ1) is 15.0. The van der Waals surface area contributed by atoms with E-state index in [-0.39, 0.29) is 0 Å². The third-order valence-electron chi connectivity index (χ3n) is 4.98. The number of H-pyrrole nitrogens is 1. The number of pyridine rings is 2. The van der Waals surface area contributed by atoms with Crippen LogP contribution in [0.2, 0.25) is 0 Å². The molecule has 0 bridgehead atoms. The Morgan fingerprint density at radius 1 is 1.12 bits per heavy atom. The van der Waals surface area contributed by atoms with E-state index in [2.05, 4.69) is 38.1 Å². The molecule has 0 atom stereocenters. The van der Waals surface area contributed by atoms with E-state index in [1.54, 1.807) is 6.20 Å². The first-order valence-corrected chi connectivity index (χ1v) is 9.87. The third-order valence-corrected chi connectivity index (χ3v) is 6.03. The van der Waals surface area contributed by atoms with Crippen molar-refractivity contribution in [2.75, 3.05) is 16.8 Å². The van der Waals surface area contributed by atoms with E-state index in [9.17, 15) is 0 Å². The zero-order chi connectivity index (χ0) is 16.6. The molecule has 0 aliphatic carbocycles. The molecule has 1 fully saturated rings. The van der Waals surface area contributed by atoms with Gasteiger partial charge in [0.25, 0.3) is 0 Å². The van der Waals surface area contributed by atoms with Crippen LogP contribution in [0.15, 0.2) is 36.8 Å². The molecule has 1 saturated heterocycles. The van der Waals surface area contributed by atoms with Gasteiger partial charge in [-0.2, -0.15) is 11.8 Å². The predicted octanol–water partition coefficient (Wildman–Crippen LogP) is 4.28. The maximum absolute atomic E-state index is 4.98. The Morgan fingerprint density at radius 2 is 2.04 bits per heavy atom. The van der Waals surface area contributed by atoms with Crippen molar-refractivity contribution in [1.29, 1.82) is 0 Å². The Morgan fingerprint density at radius 3 is 2.96 bits per heavy atom. The minimum atomic E-state index is 0.736. The summed E-state index contributed by atoms with van der Waals surface area (Å²) in [6.45, 7) is 0. The number of anilines is 2. The topological polar surface area (TPSA) is 66.5 Å². The summed E-state index contributed by atoms with van der Waals surface area (Å²) in [5.74, 6) is 5.20. The molecule has 0 unspecified atom stereocenters. The maximum Gasteiger partial charge on any atom is 0.139 e. The Bertz CT molecular complexity index is 851. The van der Waals surface area contributed by atoms with Gasteiger partial charge in [0, 0.05) is 29.9 Å². The molecule has 0 spiro atoms.